The summed E-state index contributed by atoms with van der Waals surface area (Å²) in [4.78, 5) is 29.5. The molecule has 0 spiro atoms. The molecule has 0 aliphatic heterocycles. The summed E-state index contributed by atoms with van der Waals surface area (Å²) in [6.07, 6.45) is 4.00. The minimum atomic E-state index is -0.722. The molecule has 16 heavy (non-hydrogen) atoms. The molecule has 0 aliphatic rings. The zero-order valence-electron chi connectivity index (χ0n) is 8.48. The lowest BCUT2D eigenvalue weighted by Crippen LogP contribution is -1.96. The molecule has 0 saturated heterocycles. The van der Waals surface area contributed by atoms with Crippen LogP contribution in [0, 0.1) is 0 Å². The number of aromatic nitrogens is 2. The molecule has 8 nitrogen and oxygen atoms in total. The van der Waals surface area contributed by atoms with Gasteiger partial charge >= 0.3 is 0 Å². The molecule has 0 atom stereocenters. The minimum Gasteiger partial charge on any atom is -0.468 e. The van der Waals surface area contributed by atoms with Crippen LogP contribution in [0.3, 0.4) is 0 Å². The van der Waals surface area contributed by atoms with Crippen LogP contribution in [0.25, 0.3) is 10.4 Å². The molecule has 0 N–H and O–H groups in total. The van der Waals surface area contributed by atoms with Gasteiger partial charge in [0.25, 0.3) is 12.4 Å². The van der Waals surface area contributed by atoms with E-state index in [4.69, 9.17) is 5.53 Å². The van der Waals surface area contributed by atoms with Crippen LogP contribution in [0.1, 0.15) is 17.4 Å². The molecule has 8 heteroatoms. The summed E-state index contributed by atoms with van der Waals surface area (Å²) in [5.41, 5.74) is 7.93. The summed E-state index contributed by atoms with van der Waals surface area (Å²) < 4.78 is 4.15. The lowest BCUT2D eigenvalue weighted by Gasteiger charge is -1.88. The zero-order valence-corrected chi connectivity index (χ0v) is 8.48. The number of ether oxygens (including phenoxy) is 1. The molecule has 0 saturated carbocycles. The van der Waals surface area contributed by atoms with Gasteiger partial charge in [0.05, 0.1) is 12.8 Å². The Hall–Kier alpha value is -2.47. The van der Waals surface area contributed by atoms with Crippen molar-refractivity contribution in [3.63, 3.8) is 0 Å². The lowest BCUT2D eigenvalue weighted by atomic mass is 10.4. The topological polar surface area (TPSA) is 118 Å². The number of rotatable bonds is 3. The van der Waals surface area contributed by atoms with Gasteiger partial charge in [0.1, 0.15) is 5.69 Å². The van der Waals surface area contributed by atoms with E-state index >= 15 is 0 Å². The number of carbonyl (C=O) groups excluding carboxylic acids is 2. The highest BCUT2D eigenvalue weighted by Crippen LogP contribution is 1.92. The Kier molecular flexibility index (Phi) is 7.69. The normalized spacial score (nSPS) is 7.81. The third kappa shape index (κ3) is 6.06. The van der Waals surface area contributed by atoms with Crippen LogP contribution in [0.4, 0.5) is 0 Å². The smallest absolute Gasteiger partial charge is 0.293 e. The van der Waals surface area contributed by atoms with Crippen LogP contribution >= 0.6 is 0 Å². The van der Waals surface area contributed by atoms with Gasteiger partial charge in [0.15, 0.2) is 0 Å². The zero-order chi connectivity index (χ0) is 12.2. The monoisotopic (exact) mass is 223 g/mol. The van der Waals surface area contributed by atoms with Crippen molar-refractivity contribution in [2.24, 2.45) is 5.11 Å². The van der Waals surface area contributed by atoms with E-state index in [9.17, 15) is 9.59 Å². The van der Waals surface area contributed by atoms with Crippen molar-refractivity contribution in [2.75, 3.05) is 6.61 Å². The second kappa shape index (κ2) is 9.10. The van der Waals surface area contributed by atoms with Crippen molar-refractivity contribution in [2.45, 2.75) is 6.92 Å². The summed E-state index contributed by atoms with van der Waals surface area (Å²) in [7, 11) is 0. The van der Waals surface area contributed by atoms with Crippen molar-refractivity contribution in [3.05, 3.63) is 34.7 Å². The van der Waals surface area contributed by atoms with Gasteiger partial charge in [-0.1, -0.05) is 0 Å². The Morgan fingerprint density at radius 3 is 2.81 bits per heavy atom. The number of nitrogens with zero attached hydrogens (tertiary/aromatic N) is 5. The number of carbonyl (C=O) groups is 2. The van der Waals surface area contributed by atoms with E-state index in [1.54, 1.807) is 6.92 Å². The molecule has 1 heterocycles. The quantitative estimate of drug-likeness (QED) is 0.329. The van der Waals surface area contributed by atoms with Crippen molar-refractivity contribution in [1.82, 2.24) is 9.97 Å². The number of hydrogen-bond acceptors (Lipinski definition) is 5. The van der Waals surface area contributed by atoms with Gasteiger partial charge in [0.2, 0.25) is 0 Å². The molecular formula is C8H9N5O3. The number of amides is 1. The largest absolute Gasteiger partial charge is 0.468 e. The van der Waals surface area contributed by atoms with Crippen molar-refractivity contribution >= 4 is 12.4 Å². The third-order valence-corrected chi connectivity index (χ3v) is 1.15. The first-order valence-electron chi connectivity index (χ1n) is 4.17. The molecule has 0 radical (unpaired) electrons. The first kappa shape index (κ1) is 13.5. The molecule has 1 rings (SSSR count). The summed E-state index contributed by atoms with van der Waals surface area (Å²) in [5.74, 6) is -0.722. The van der Waals surface area contributed by atoms with Crippen LogP contribution in [0.15, 0.2) is 23.7 Å². The Morgan fingerprint density at radius 1 is 1.69 bits per heavy atom. The highest BCUT2D eigenvalue weighted by atomic mass is 16.5. The van der Waals surface area contributed by atoms with Crippen molar-refractivity contribution < 1.29 is 14.3 Å². The van der Waals surface area contributed by atoms with Crippen LogP contribution in [-0.2, 0) is 9.53 Å². The van der Waals surface area contributed by atoms with Gasteiger partial charge in [-0.2, -0.15) is 0 Å². The standard InChI is InChI=1S/C5H3N5O.C3H6O2/c6-10-9-5(11)4-3-7-1-2-8-4;1-2-5-3-4/h1-3H;3H,2H2,1H3. The van der Waals surface area contributed by atoms with E-state index in [-0.39, 0.29) is 5.69 Å². The highest BCUT2D eigenvalue weighted by Gasteiger charge is 2.01. The van der Waals surface area contributed by atoms with Gasteiger partial charge in [-0.15, -0.1) is 0 Å². The van der Waals surface area contributed by atoms with E-state index in [0.29, 0.717) is 13.1 Å². The molecule has 1 aromatic heterocycles. The minimum absolute atomic E-state index is 0.0466. The fourth-order valence-electron chi connectivity index (χ4n) is 0.569. The second-order valence-corrected chi connectivity index (χ2v) is 2.14. The van der Waals surface area contributed by atoms with E-state index in [2.05, 4.69) is 24.7 Å². The average Bonchev–Trinajstić information content (AvgIpc) is 2.32. The maximum atomic E-state index is 10.7. The van der Waals surface area contributed by atoms with E-state index in [1.807, 2.05) is 0 Å². The van der Waals surface area contributed by atoms with Crippen molar-refractivity contribution in [1.29, 1.82) is 0 Å². The Labute approximate surface area is 90.9 Å². The van der Waals surface area contributed by atoms with Gasteiger partial charge in [-0.3, -0.25) is 14.6 Å². The third-order valence-electron chi connectivity index (χ3n) is 1.15. The Balaban J connectivity index is 0.000000385. The molecule has 1 amide bonds. The van der Waals surface area contributed by atoms with Crippen LogP contribution in [-0.4, -0.2) is 29.0 Å². The van der Waals surface area contributed by atoms with Crippen LogP contribution in [0.5, 0.6) is 0 Å². The summed E-state index contributed by atoms with van der Waals surface area (Å²) in [6.45, 7) is 2.66. The Bertz CT molecular complexity index is 375. The predicted molar refractivity (Wildman–Crippen MR) is 53.2 cm³/mol. The lowest BCUT2D eigenvalue weighted by molar-refractivity contribution is -0.128. The fourth-order valence-corrected chi connectivity index (χ4v) is 0.569. The summed E-state index contributed by atoms with van der Waals surface area (Å²) >= 11 is 0. The van der Waals surface area contributed by atoms with Gasteiger partial charge in [-0.05, 0) is 17.6 Å². The van der Waals surface area contributed by atoms with E-state index in [1.165, 1.54) is 18.6 Å². The maximum Gasteiger partial charge on any atom is 0.293 e. The molecule has 0 aromatic carbocycles. The van der Waals surface area contributed by atoms with E-state index in [0.717, 1.165) is 0 Å². The Morgan fingerprint density at radius 2 is 2.44 bits per heavy atom. The molecule has 1 aromatic rings. The highest BCUT2D eigenvalue weighted by molar-refractivity contribution is 5.92. The first-order valence-corrected chi connectivity index (χ1v) is 4.17. The predicted octanol–water partition coefficient (Wildman–Crippen LogP) is 1.11. The van der Waals surface area contributed by atoms with Gasteiger partial charge in [0, 0.05) is 17.3 Å². The summed E-state index contributed by atoms with van der Waals surface area (Å²) in [6, 6.07) is 0. The number of hydrogen-bond donors (Lipinski definition) is 0. The first-order chi connectivity index (χ1) is 7.76. The molecule has 0 bridgehead atoms. The molecule has 0 unspecified atom stereocenters. The molecular weight excluding hydrogens is 214 g/mol. The summed E-state index contributed by atoms with van der Waals surface area (Å²) in [5, 5.41) is 2.83. The van der Waals surface area contributed by atoms with Crippen LogP contribution < -0.4 is 0 Å². The van der Waals surface area contributed by atoms with Crippen LogP contribution in [0.2, 0.25) is 0 Å². The number of azide groups is 1. The van der Waals surface area contributed by atoms with Gasteiger partial charge in [-0.25, -0.2) is 4.98 Å². The molecule has 0 fully saturated rings. The van der Waals surface area contributed by atoms with Gasteiger partial charge < -0.3 is 4.74 Å². The van der Waals surface area contributed by atoms with Crippen molar-refractivity contribution in [3.8, 4) is 0 Å². The second-order valence-electron chi connectivity index (χ2n) is 2.14. The average molecular weight is 223 g/mol. The fraction of sp³-hybridized carbons (Fsp3) is 0.250. The molecule has 0 aliphatic carbocycles. The molecule has 84 valence electrons. The van der Waals surface area contributed by atoms with E-state index < -0.39 is 5.91 Å². The maximum absolute atomic E-state index is 10.7. The SMILES string of the molecule is CCOC=O.[N-]=[N+]=NC(=O)c1cnccn1.